The van der Waals surface area contributed by atoms with Gasteiger partial charge in [-0.2, -0.15) is 0 Å². The summed E-state index contributed by atoms with van der Waals surface area (Å²) in [4.78, 5) is 73.8. The number of benzene rings is 2. The number of H-pyrrole nitrogens is 1. The Bertz CT molecular complexity index is 1660. The molecule has 2 aromatic carbocycles. The second-order valence-electron chi connectivity index (χ2n) is 12.3. The van der Waals surface area contributed by atoms with Gasteiger partial charge in [0.1, 0.15) is 23.6 Å². The van der Waals surface area contributed by atoms with E-state index in [1.807, 2.05) is 13.8 Å². The maximum atomic E-state index is 14.5. The van der Waals surface area contributed by atoms with Gasteiger partial charge in [-0.25, -0.2) is 4.39 Å². The Morgan fingerprint density at radius 2 is 1.86 bits per heavy atom. The SMILES string of the molecule is CC(C)CC(C(=O)N1C[C@]2(C[C@H]1C(=O)C(=O)NC1CC1)C(=O)Nc1ccccc12)N(C)C(=O)c1cc2c(F)cccc2[nH]1. The molecule has 10 nitrogen and oxygen atoms in total. The Hall–Kier alpha value is -4.54. The number of nitrogens with zero attached hydrogens (tertiary/aromatic N) is 2. The number of carbonyl (C=O) groups is 5. The van der Waals surface area contributed by atoms with Crippen molar-refractivity contribution in [2.75, 3.05) is 18.9 Å². The molecule has 3 N–H and O–H groups in total. The molecular weight excluding hydrogens is 553 g/mol. The lowest BCUT2D eigenvalue weighted by Crippen LogP contribution is -2.54. The highest BCUT2D eigenvalue weighted by Gasteiger charge is 2.59. The lowest BCUT2D eigenvalue weighted by Gasteiger charge is -2.34. The number of carbonyl (C=O) groups excluding carboxylic acids is 5. The van der Waals surface area contributed by atoms with Crippen molar-refractivity contribution in [3.8, 4) is 0 Å². The molecule has 3 aromatic rings. The number of hydrogen-bond donors (Lipinski definition) is 3. The van der Waals surface area contributed by atoms with E-state index >= 15 is 0 Å². The van der Waals surface area contributed by atoms with Gasteiger partial charge in [0.25, 0.3) is 11.8 Å². The van der Waals surface area contributed by atoms with E-state index in [-0.39, 0.29) is 48.3 Å². The van der Waals surface area contributed by atoms with Gasteiger partial charge in [0.2, 0.25) is 17.6 Å². The third-order valence-corrected chi connectivity index (χ3v) is 8.81. The first-order chi connectivity index (χ1) is 20.5. The molecule has 224 valence electrons. The van der Waals surface area contributed by atoms with Gasteiger partial charge in [-0.1, -0.05) is 38.1 Å². The van der Waals surface area contributed by atoms with E-state index in [9.17, 15) is 28.4 Å². The van der Waals surface area contributed by atoms with Crippen LogP contribution in [-0.2, 0) is 24.6 Å². The number of amides is 4. The molecule has 3 aliphatic rings. The second kappa shape index (κ2) is 10.6. The fourth-order valence-electron chi connectivity index (χ4n) is 6.37. The van der Waals surface area contributed by atoms with Gasteiger partial charge in [0.15, 0.2) is 0 Å². The van der Waals surface area contributed by atoms with Crippen LogP contribution in [0.15, 0.2) is 48.5 Å². The van der Waals surface area contributed by atoms with E-state index in [0.717, 1.165) is 12.8 Å². The van der Waals surface area contributed by atoms with Crippen molar-refractivity contribution in [2.24, 2.45) is 5.92 Å². The molecular formula is C32H34FN5O5. The summed E-state index contributed by atoms with van der Waals surface area (Å²) in [5, 5.41) is 5.84. The minimum Gasteiger partial charge on any atom is -0.350 e. The van der Waals surface area contributed by atoms with Crippen LogP contribution in [0.4, 0.5) is 10.1 Å². The molecule has 1 saturated carbocycles. The number of halogens is 1. The van der Waals surface area contributed by atoms with E-state index in [0.29, 0.717) is 16.8 Å². The molecule has 1 spiro atoms. The summed E-state index contributed by atoms with van der Waals surface area (Å²) in [6.45, 7) is 3.71. The normalized spacial score (nSPS) is 21.7. The van der Waals surface area contributed by atoms with Crippen molar-refractivity contribution in [3.05, 3.63) is 65.6 Å². The molecule has 2 aliphatic heterocycles. The fraction of sp³-hybridized carbons (Fsp3) is 0.406. The number of anilines is 1. The topological polar surface area (TPSA) is 132 Å². The maximum absolute atomic E-state index is 14.5. The number of fused-ring (bicyclic) bond motifs is 3. The van der Waals surface area contributed by atoms with Gasteiger partial charge < -0.3 is 25.4 Å². The molecule has 1 saturated heterocycles. The Labute approximate surface area is 248 Å². The van der Waals surface area contributed by atoms with Crippen molar-refractivity contribution in [2.45, 2.75) is 63.1 Å². The Kier molecular flexibility index (Phi) is 7.06. The standard InChI is InChI=1S/C32H34FN5O5/c1-17(2)13-25(37(3)29(41)24-14-19-21(33)8-6-10-22(19)35-24)30(42)38-16-32(20-7-4-5-9-23(20)36-31(32)43)15-26(38)27(39)28(40)34-18-11-12-18/h4-10,14,17-18,25-26,35H,11-13,15-16H2,1-3H3,(H,34,40)(H,36,43)/t25?,26-,32-/m0/s1. The number of hydrogen-bond acceptors (Lipinski definition) is 5. The van der Waals surface area contributed by atoms with Gasteiger partial charge in [-0.3, -0.25) is 24.0 Å². The van der Waals surface area contributed by atoms with E-state index in [1.54, 1.807) is 30.3 Å². The van der Waals surface area contributed by atoms with Crippen molar-refractivity contribution in [3.63, 3.8) is 0 Å². The lowest BCUT2D eigenvalue weighted by atomic mass is 9.79. The maximum Gasteiger partial charge on any atom is 0.289 e. The van der Waals surface area contributed by atoms with Crippen LogP contribution in [0, 0.1) is 11.7 Å². The number of Topliss-reactive ketones (excluding diaryl/α,β-unsaturated/α-hetero) is 1. The van der Waals surface area contributed by atoms with Crippen LogP contribution in [-0.4, -0.2) is 75.9 Å². The molecule has 43 heavy (non-hydrogen) atoms. The summed E-state index contributed by atoms with van der Waals surface area (Å²) in [5.41, 5.74) is 0.616. The average molecular weight is 588 g/mol. The fourth-order valence-corrected chi connectivity index (χ4v) is 6.37. The van der Waals surface area contributed by atoms with Crippen molar-refractivity contribution < 1.29 is 28.4 Å². The number of rotatable bonds is 8. The van der Waals surface area contributed by atoms with E-state index < -0.39 is 46.8 Å². The zero-order valence-corrected chi connectivity index (χ0v) is 24.3. The first-order valence-electron chi connectivity index (χ1n) is 14.6. The number of aromatic nitrogens is 1. The quantitative estimate of drug-likeness (QED) is 0.349. The molecule has 4 amide bonds. The van der Waals surface area contributed by atoms with Crippen LogP contribution in [0.25, 0.3) is 10.9 Å². The zero-order valence-electron chi connectivity index (χ0n) is 24.3. The van der Waals surface area contributed by atoms with Gasteiger partial charge in [0, 0.05) is 36.2 Å². The van der Waals surface area contributed by atoms with Gasteiger partial charge in [-0.15, -0.1) is 0 Å². The number of likely N-dealkylation sites (N-methyl/N-ethyl adjacent to an activating group) is 1. The van der Waals surface area contributed by atoms with Crippen LogP contribution in [0.5, 0.6) is 0 Å². The number of nitrogens with one attached hydrogen (secondary N) is 3. The minimum atomic E-state index is -1.22. The van der Waals surface area contributed by atoms with Crippen LogP contribution >= 0.6 is 0 Å². The average Bonchev–Trinajstić information content (AvgIpc) is 3.43. The largest absolute Gasteiger partial charge is 0.350 e. The van der Waals surface area contributed by atoms with Gasteiger partial charge in [0.05, 0.1) is 5.41 Å². The first kappa shape index (κ1) is 28.6. The lowest BCUT2D eigenvalue weighted by molar-refractivity contribution is -0.146. The van der Waals surface area contributed by atoms with Gasteiger partial charge >= 0.3 is 0 Å². The molecule has 1 aliphatic carbocycles. The van der Waals surface area contributed by atoms with Crippen molar-refractivity contribution in [1.82, 2.24) is 20.1 Å². The number of aromatic amines is 1. The summed E-state index contributed by atoms with van der Waals surface area (Å²) >= 11 is 0. The molecule has 1 aromatic heterocycles. The van der Waals surface area contributed by atoms with Crippen LogP contribution < -0.4 is 10.6 Å². The monoisotopic (exact) mass is 587 g/mol. The molecule has 1 unspecified atom stereocenters. The Morgan fingerprint density at radius 1 is 1.12 bits per heavy atom. The number of likely N-dealkylation sites (tertiary alicyclic amines) is 1. The minimum absolute atomic E-state index is 0.0243. The zero-order chi connectivity index (χ0) is 30.6. The third-order valence-electron chi connectivity index (χ3n) is 8.81. The summed E-state index contributed by atoms with van der Waals surface area (Å²) < 4.78 is 14.4. The highest BCUT2D eigenvalue weighted by molar-refractivity contribution is 6.39. The predicted molar refractivity (Wildman–Crippen MR) is 157 cm³/mol. The Balaban J connectivity index is 1.35. The van der Waals surface area contributed by atoms with Crippen molar-refractivity contribution in [1.29, 1.82) is 0 Å². The summed E-state index contributed by atoms with van der Waals surface area (Å²) in [7, 11) is 1.50. The van der Waals surface area contributed by atoms with Crippen LogP contribution in [0.3, 0.4) is 0 Å². The first-order valence-corrected chi connectivity index (χ1v) is 14.6. The number of para-hydroxylation sites is 1. The molecule has 3 heterocycles. The van der Waals surface area contributed by atoms with Crippen LogP contribution in [0.2, 0.25) is 0 Å². The summed E-state index contributed by atoms with van der Waals surface area (Å²) in [6, 6.07) is 10.8. The molecule has 0 bridgehead atoms. The predicted octanol–water partition coefficient (Wildman–Crippen LogP) is 3.13. The van der Waals surface area contributed by atoms with Crippen molar-refractivity contribution >= 4 is 46.0 Å². The highest BCUT2D eigenvalue weighted by Crippen LogP contribution is 2.47. The third kappa shape index (κ3) is 4.96. The molecule has 6 rings (SSSR count). The second-order valence-corrected chi connectivity index (χ2v) is 12.3. The van der Waals surface area contributed by atoms with E-state index in [1.165, 1.54) is 35.0 Å². The van der Waals surface area contributed by atoms with E-state index in [4.69, 9.17) is 0 Å². The summed E-state index contributed by atoms with van der Waals surface area (Å²) in [6.07, 6.45) is 1.78. The summed E-state index contributed by atoms with van der Waals surface area (Å²) in [5.74, 6) is -3.45. The molecule has 2 fully saturated rings. The number of ketones is 1. The van der Waals surface area contributed by atoms with Gasteiger partial charge in [-0.05, 0) is 61.4 Å². The molecule has 3 atom stereocenters. The Morgan fingerprint density at radius 3 is 2.56 bits per heavy atom. The molecule has 11 heteroatoms. The van der Waals surface area contributed by atoms with E-state index in [2.05, 4.69) is 15.6 Å². The molecule has 0 radical (unpaired) electrons. The highest BCUT2D eigenvalue weighted by atomic mass is 19.1. The van der Waals surface area contributed by atoms with Crippen LogP contribution in [0.1, 0.15) is 55.6 Å². The smallest absolute Gasteiger partial charge is 0.289 e.